The van der Waals surface area contributed by atoms with Gasteiger partial charge in [-0.3, -0.25) is 9.59 Å². The van der Waals surface area contributed by atoms with Crippen molar-refractivity contribution in [2.75, 3.05) is 19.7 Å². The molecule has 0 radical (unpaired) electrons. The van der Waals surface area contributed by atoms with Gasteiger partial charge in [-0.15, -0.1) is 0 Å². The van der Waals surface area contributed by atoms with Crippen LogP contribution in [0.1, 0.15) is 98.3 Å². The van der Waals surface area contributed by atoms with Crippen molar-refractivity contribution in [3.05, 3.63) is 0 Å². The highest BCUT2D eigenvalue weighted by molar-refractivity contribution is 5.78. The fraction of sp³-hybridized carbons (Fsp3) is 0.909. The zero-order chi connectivity index (χ0) is 20.3. The van der Waals surface area contributed by atoms with Gasteiger partial charge in [-0.05, 0) is 32.6 Å². The fourth-order valence-corrected chi connectivity index (χ4v) is 2.67. The third-order valence-corrected chi connectivity index (χ3v) is 5.11. The van der Waals surface area contributed by atoms with Crippen LogP contribution in [-0.4, -0.2) is 37.6 Å². The van der Waals surface area contributed by atoms with Crippen LogP contribution in [0.5, 0.6) is 0 Å². The van der Waals surface area contributed by atoms with Crippen molar-refractivity contribution < 1.29 is 14.3 Å². The topological polar surface area (TPSA) is 67.4 Å². The van der Waals surface area contributed by atoms with Gasteiger partial charge in [0.25, 0.3) is 0 Å². The van der Waals surface area contributed by atoms with E-state index in [0.29, 0.717) is 0 Å². The first-order valence-corrected chi connectivity index (χ1v) is 11.2. The Balaban J connectivity index is 3.25. The van der Waals surface area contributed by atoms with Gasteiger partial charge in [0.05, 0.1) is 6.10 Å². The van der Waals surface area contributed by atoms with Crippen LogP contribution in [0.3, 0.4) is 0 Å². The Morgan fingerprint density at radius 2 is 1.22 bits per heavy atom. The van der Waals surface area contributed by atoms with Gasteiger partial charge in [0.1, 0.15) is 6.61 Å². The lowest BCUT2D eigenvalue weighted by Crippen LogP contribution is -2.29. The van der Waals surface area contributed by atoms with Crippen LogP contribution in [0.15, 0.2) is 0 Å². The first kappa shape index (κ1) is 25.9. The molecule has 0 aromatic heterocycles. The van der Waals surface area contributed by atoms with Gasteiger partial charge in [0, 0.05) is 19.0 Å². The quantitative estimate of drug-likeness (QED) is 0.340. The Labute approximate surface area is 167 Å². The molecule has 5 nitrogen and oxygen atoms in total. The lowest BCUT2D eigenvalue weighted by atomic mass is 10.1. The molecule has 0 fully saturated rings. The first-order valence-electron chi connectivity index (χ1n) is 11.2. The lowest BCUT2D eigenvalue weighted by Gasteiger charge is -2.10. The molecule has 0 aromatic rings. The molecule has 0 saturated carbocycles. The molecule has 160 valence electrons. The predicted molar refractivity (Wildman–Crippen MR) is 113 cm³/mol. The number of carbonyl (C=O) groups is 2. The van der Waals surface area contributed by atoms with Crippen LogP contribution in [0.25, 0.3) is 0 Å². The molecule has 0 saturated heterocycles. The average Bonchev–Trinajstić information content (AvgIpc) is 2.68. The molecule has 2 N–H and O–H groups in total. The van der Waals surface area contributed by atoms with Gasteiger partial charge < -0.3 is 15.4 Å². The summed E-state index contributed by atoms with van der Waals surface area (Å²) < 4.78 is 5.40. The van der Waals surface area contributed by atoms with Crippen molar-refractivity contribution in [2.24, 2.45) is 5.92 Å². The fourth-order valence-electron chi connectivity index (χ4n) is 2.67. The maximum absolute atomic E-state index is 11.6. The summed E-state index contributed by atoms with van der Waals surface area (Å²) in [4.78, 5) is 23.2. The third kappa shape index (κ3) is 16.8. The molecule has 0 aliphatic heterocycles. The Morgan fingerprint density at radius 1 is 0.741 bits per heavy atom. The van der Waals surface area contributed by atoms with Gasteiger partial charge in [0.15, 0.2) is 0 Å². The number of carbonyl (C=O) groups excluding carboxylic acids is 2. The summed E-state index contributed by atoms with van der Waals surface area (Å²) >= 11 is 0. The number of hydrogen-bond donors (Lipinski definition) is 2. The van der Waals surface area contributed by atoms with Gasteiger partial charge >= 0.3 is 0 Å². The Kier molecular flexibility index (Phi) is 17.5. The summed E-state index contributed by atoms with van der Waals surface area (Å²) in [6.07, 6.45) is 12.8. The Morgan fingerprint density at radius 3 is 1.70 bits per heavy atom. The largest absolute Gasteiger partial charge is 0.369 e. The molecular formula is C22H44N2O3. The van der Waals surface area contributed by atoms with E-state index in [2.05, 4.69) is 17.6 Å². The number of unbranched alkanes of at least 4 members (excludes halogenated alkanes) is 8. The van der Waals surface area contributed by atoms with Crippen LogP contribution in [0, 0.1) is 5.92 Å². The summed E-state index contributed by atoms with van der Waals surface area (Å²) in [7, 11) is 0. The maximum atomic E-state index is 11.6. The van der Waals surface area contributed by atoms with Gasteiger partial charge in [0.2, 0.25) is 11.8 Å². The number of ether oxygens (including phenoxy) is 1. The van der Waals surface area contributed by atoms with E-state index in [4.69, 9.17) is 4.74 Å². The van der Waals surface area contributed by atoms with Crippen LogP contribution in [0.4, 0.5) is 0 Å². The summed E-state index contributed by atoms with van der Waals surface area (Å²) in [5.74, 6) is 0.323. The molecule has 27 heavy (non-hydrogen) atoms. The Hall–Kier alpha value is -1.10. The minimum atomic E-state index is -0.00404. The van der Waals surface area contributed by atoms with Crippen molar-refractivity contribution in [1.82, 2.24) is 10.6 Å². The molecule has 0 heterocycles. The minimum Gasteiger partial charge on any atom is -0.369 e. The third-order valence-electron chi connectivity index (χ3n) is 5.11. The SMILES string of the molecule is CCC(C)OCC(=O)NCCCCCCCCCCCNC(=O)C(C)CC. The van der Waals surface area contributed by atoms with Crippen molar-refractivity contribution in [3.63, 3.8) is 0 Å². The molecule has 5 heteroatoms. The summed E-state index contributed by atoms with van der Waals surface area (Å²) in [6.45, 7) is 9.81. The second-order valence-corrected chi connectivity index (χ2v) is 7.66. The predicted octanol–water partition coefficient (Wildman–Crippen LogP) is 4.59. The monoisotopic (exact) mass is 384 g/mol. The number of amides is 2. The van der Waals surface area contributed by atoms with E-state index in [1.54, 1.807) is 0 Å². The molecule has 2 unspecified atom stereocenters. The van der Waals surface area contributed by atoms with Crippen molar-refractivity contribution in [3.8, 4) is 0 Å². The highest BCUT2D eigenvalue weighted by Gasteiger charge is 2.08. The van der Waals surface area contributed by atoms with Crippen molar-refractivity contribution in [1.29, 1.82) is 0 Å². The van der Waals surface area contributed by atoms with Crippen LogP contribution < -0.4 is 10.6 Å². The van der Waals surface area contributed by atoms with E-state index < -0.39 is 0 Å². The van der Waals surface area contributed by atoms with Crippen molar-refractivity contribution in [2.45, 2.75) is 104 Å². The van der Waals surface area contributed by atoms with Crippen LogP contribution in [-0.2, 0) is 14.3 Å². The number of nitrogens with one attached hydrogen (secondary N) is 2. The standard InChI is InChI=1S/C22H44N2O3/c1-5-19(3)22(26)24-17-15-13-11-9-7-8-10-12-14-16-23-21(25)18-27-20(4)6-2/h19-20H,5-18H2,1-4H3,(H,23,25)(H,24,26). The summed E-state index contributed by atoms with van der Waals surface area (Å²) in [5.41, 5.74) is 0. The Bertz CT molecular complexity index is 375. The highest BCUT2D eigenvalue weighted by Crippen LogP contribution is 2.09. The zero-order valence-corrected chi connectivity index (χ0v) is 18.3. The molecule has 0 rings (SSSR count). The molecule has 0 bridgehead atoms. The molecule has 0 aliphatic carbocycles. The molecule has 0 aliphatic rings. The van der Waals surface area contributed by atoms with E-state index in [0.717, 1.165) is 38.8 Å². The molecule has 2 atom stereocenters. The smallest absolute Gasteiger partial charge is 0.246 e. The average molecular weight is 385 g/mol. The van der Waals surface area contributed by atoms with Crippen LogP contribution >= 0.6 is 0 Å². The van der Waals surface area contributed by atoms with Gasteiger partial charge in [-0.2, -0.15) is 0 Å². The zero-order valence-electron chi connectivity index (χ0n) is 18.3. The maximum Gasteiger partial charge on any atom is 0.246 e. The van der Waals surface area contributed by atoms with E-state index in [-0.39, 0.29) is 30.4 Å². The second kappa shape index (κ2) is 18.3. The van der Waals surface area contributed by atoms with E-state index in [1.807, 2.05) is 20.8 Å². The van der Waals surface area contributed by atoms with Gasteiger partial charge in [-0.25, -0.2) is 0 Å². The second-order valence-electron chi connectivity index (χ2n) is 7.66. The first-order chi connectivity index (χ1) is 13.0. The molecule has 0 spiro atoms. The summed E-state index contributed by atoms with van der Waals surface area (Å²) in [6, 6.07) is 0. The normalized spacial score (nSPS) is 13.2. The van der Waals surface area contributed by atoms with Crippen molar-refractivity contribution >= 4 is 11.8 Å². The molecular weight excluding hydrogens is 340 g/mol. The molecule has 0 aromatic carbocycles. The number of rotatable bonds is 18. The van der Waals surface area contributed by atoms with E-state index in [9.17, 15) is 9.59 Å². The lowest BCUT2D eigenvalue weighted by molar-refractivity contribution is -0.127. The van der Waals surface area contributed by atoms with E-state index in [1.165, 1.54) is 44.9 Å². The molecule has 2 amide bonds. The van der Waals surface area contributed by atoms with Crippen LogP contribution in [0.2, 0.25) is 0 Å². The van der Waals surface area contributed by atoms with Gasteiger partial charge in [-0.1, -0.05) is 65.7 Å². The number of hydrogen-bond acceptors (Lipinski definition) is 3. The highest BCUT2D eigenvalue weighted by atomic mass is 16.5. The van der Waals surface area contributed by atoms with E-state index >= 15 is 0 Å². The minimum absolute atomic E-state index is 0.00404. The summed E-state index contributed by atoms with van der Waals surface area (Å²) in [5, 5.41) is 5.93.